The van der Waals surface area contributed by atoms with Gasteiger partial charge in [-0.1, -0.05) is 53.2 Å². The molecule has 4 rings (SSSR count). The number of halogens is 2. The molecule has 0 fully saturated rings. The van der Waals surface area contributed by atoms with E-state index < -0.39 is 0 Å². The molecule has 6 nitrogen and oxygen atoms in total. The molecular formula is C20H14Cl2N4O2S. The van der Waals surface area contributed by atoms with E-state index in [0.717, 1.165) is 5.69 Å². The number of hydrogen-bond acceptors (Lipinski definition) is 5. The number of furan rings is 1. The van der Waals surface area contributed by atoms with Crippen LogP contribution in [0.2, 0.25) is 10.0 Å². The third kappa shape index (κ3) is 4.48. The number of amides is 1. The van der Waals surface area contributed by atoms with Crippen molar-refractivity contribution < 1.29 is 9.21 Å². The van der Waals surface area contributed by atoms with Crippen LogP contribution in [0, 0.1) is 0 Å². The molecule has 0 aliphatic carbocycles. The van der Waals surface area contributed by atoms with Gasteiger partial charge in [0.2, 0.25) is 11.7 Å². The second-order valence-corrected chi connectivity index (χ2v) is 7.70. The lowest BCUT2D eigenvalue weighted by Gasteiger charge is -2.10. The number of benzene rings is 2. The summed E-state index contributed by atoms with van der Waals surface area (Å²) in [6.45, 7) is 0. The fourth-order valence-electron chi connectivity index (χ4n) is 2.65. The van der Waals surface area contributed by atoms with Crippen molar-refractivity contribution in [2.45, 2.75) is 5.16 Å². The van der Waals surface area contributed by atoms with E-state index in [1.54, 1.807) is 30.5 Å². The van der Waals surface area contributed by atoms with E-state index >= 15 is 0 Å². The van der Waals surface area contributed by atoms with Gasteiger partial charge in [0.05, 0.1) is 22.7 Å². The highest BCUT2D eigenvalue weighted by Crippen LogP contribution is 2.29. The van der Waals surface area contributed by atoms with Crippen molar-refractivity contribution in [1.82, 2.24) is 14.8 Å². The van der Waals surface area contributed by atoms with Crippen LogP contribution in [0.1, 0.15) is 0 Å². The normalized spacial score (nSPS) is 10.8. The number of rotatable bonds is 6. The molecule has 0 unspecified atom stereocenters. The third-order valence-electron chi connectivity index (χ3n) is 3.93. The molecule has 0 saturated heterocycles. The molecule has 0 saturated carbocycles. The highest BCUT2D eigenvalue weighted by atomic mass is 35.5. The van der Waals surface area contributed by atoms with Crippen molar-refractivity contribution in [3.8, 4) is 17.3 Å². The Morgan fingerprint density at radius 2 is 1.90 bits per heavy atom. The summed E-state index contributed by atoms with van der Waals surface area (Å²) in [5.74, 6) is 1.05. The van der Waals surface area contributed by atoms with Gasteiger partial charge in [0, 0.05) is 10.7 Å². The van der Waals surface area contributed by atoms with Crippen LogP contribution >= 0.6 is 35.0 Å². The zero-order valence-corrected chi connectivity index (χ0v) is 17.2. The Hall–Kier alpha value is -2.74. The van der Waals surface area contributed by atoms with Gasteiger partial charge >= 0.3 is 0 Å². The number of carbonyl (C=O) groups is 1. The summed E-state index contributed by atoms with van der Waals surface area (Å²) in [7, 11) is 0. The van der Waals surface area contributed by atoms with E-state index in [-0.39, 0.29) is 11.7 Å². The number of anilines is 1. The van der Waals surface area contributed by atoms with Gasteiger partial charge in [-0.15, -0.1) is 10.2 Å². The van der Waals surface area contributed by atoms with E-state index in [0.29, 0.717) is 32.5 Å². The molecule has 1 amide bonds. The van der Waals surface area contributed by atoms with Gasteiger partial charge in [0.25, 0.3) is 0 Å². The van der Waals surface area contributed by atoms with Gasteiger partial charge in [0.15, 0.2) is 10.9 Å². The molecule has 0 spiro atoms. The van der Waals surface area contributed by atoms with Gasteiger partial charge in [-0.3, -0.25) is 9.36 Å². The summed E-state index contributed by atoms with van der Waals surface area (Å²) in [6.07, 6.45) is 1.58. The maximum absolute atomic E-state index is 12.4. The number of hydrogen-bond donors (Lipinski definition) is 1. The molecule has 0 aliphatic rings. The Morgan fingerprint density at radius 3 is 2.62 bits per heavy atom. The second kappa shape index (κ2) is 8.73. The summed E-state index contributed by atoms with van der Waals surface area (Å²) < 4.78 is 7.34. The lowest BCUT2D eigenvalue weighted by Crippen LogP contribution is -2.15. The Morgan fingerprint density at radius 1 is 1.07 bits per heavy atom. The highest BCUT2D eigenvalue weighted by molar-refractivity contribution is 7.99. The number of para-hydroxylation sites is 1. The fraction of sp³-hybridized carbons (Fsp3) is 0.0500. The number of carbonyl (C=O) groups excluding carboxylic acids is 1. The SMILES string of the molecule is O=C(CSc1nnc(-c2ccco2)n1-c1ccccc1)Nc1ccc(Cl)cc1Cl. The summed E-state index contributed by atoms with van der Waals surface area (Å²) in [4.78, 5) is 12.4. The largest absolute Gasteiger partial charge is 0.461 e. The van der Waals surface area contributed by atoms with Crippen LogP contribution in [0.5, 0.6) is 0 Å². The minimum absolute atomic E-state index is 0.127. The van der Waals surface area contributed by atoms with Crippen molar-refractivity contribution in [2.75, 3.05) is 11.1 Å². The molecule has 0 atom stereocenters. The molecule has 2 aromatic carbocycles. The van der Waals surface area contributed by atoms with Crippen molar-refractivity contribution >= 4 is 46.6 Å². The first-order valence-corrected chi connectivity index (χ1v) is 10.3. The second-order valence-electron chi connectivity index (χ2n) is 5.92. The minimum atomic E-state index is -0.221. The zero-order valence-electron chi connectivity index (χ0n) is 14.9. The van der Waals surface area contributed by atoms with E-state index in [2.05, 4.69) is 15.5 Å². The average Bonchev–Trinajstić information content (AvgIpc) is 3.38. The zero-order chi connectivity index (χ0) is 20.2. The van der Waals surface area contributed by atoms with Crippen LogP contribution in [-0.2, 0) is 4.79 Å². The van der Waals surface area contributed by atoms with E-state index in [1.165, 1.54) is 11.8 Å². The number of thioether (sulfide) groups is 1. The van der Waals surface area contributed by atoms with Crippen LogP contribution in [0.25, 0.3) is 17.3 Å². The van der Waals surface area contributed by atoms with Gasteiger partial charge < -0.3 is 9.73 Å². The van der Waals surface area contributed by atoms with Crippen LogP contribution in [-0.4, -0.2) is 26.4 Å². The first kappa shape index (κ1) is 19.6. The maximum Gasteiger partial charge on any atom is 0.234 e. The first-order chi connectivity index (χ1) is 14.1. The molecule has 146 valence electrons. The smallest absolute Gasteiger partial charge is 0.234 e. The third-order valence-corrected chi connectivity index (χ3v) is 5.40. The predicted molar refractivity (Wildman–Crippen MR) is 115 cm³/mol. The number of nitrogens with zero attached hydrogens (tertiary/aromatic N) is 3. The van der Waals surface area contributed by atoms with Gasteiger partial charge in [-0.25, -0.2) is 0 Å². The molecule has 0 aliphatic heterocycles. The molecule has 2 aromatic heterocycles. The Bertz CT molecular complexity index is 1130. The quantitative estimate of drug-likeness (QED) is 0.393. The summed E-state index contributed by atoms with van der Waals surface area (Å²) in [5, 5.41) is 12.7. The van der Waals surface area contributed by atoms with Crippen molar-refractivity contribution in [3.05, 3.63) is 77.0 Å². The monoisotopic (exact) mass is 444 g/mol. The van der Waals surface area contributed by atoms with Crippen LogP contribution in [0.3, 0.4) is 0 Å². The summed E-state index contributed by atoms with van der Waals surface area (Å²) in [6, 6.07) is 18.1. The van der Waals surface area contributed by atoms with Crippen molar-refractivity contribution in [3.63, 3.8) is 0 Å². The van der Waals surface area contributed by atoms with Crippen LogP contribution in [0.4, 0.5) is 5.69 Å². The lowest BCUT2D eigenvalue weighted by atomic mass is 10.3. The summed E-state index contributed by atoms with van der Waals surface area (Å²) >= 11 is 13.3. The Balaban J connectivity index is 1.55. The standard InChI is InChI=1S/C20H14Cl2N4O2S/c21-13-8-9-16(15(22)11-13)23-18(27)12-29-20-25-24-19(17-7-4-10-28-17)26(20)14-5-2-1-3-6-14/h1-11H,12H2,(H,23,27). The first-order valence-electron chi connectivity index (χ1n) is 8.54. The van der Waals surface area contributed by atoms with Crippen molar-refractivity contribution in [2.24, 2.45) is 0 Å². The average molecular weight is 445 g/mol. The van der Waals surface area contributed by atoms with Crippen LogP contribution in [0.15, 0.2) is 76.5 Å². The molecular weight excluding hydrogens is 431 g/mol. The molecule has 0 radical (unpaired) electrons. The molecule has 29 heavy (non-hydrogen) atoms. The van der Waals surface area contributed by atoms with Crippen molar-refractivity contribution in [1.29, 1.82) is 0 Å². The van der Waals surface area contributed by atoms with E-state index in [9.17, 15) is 4.79 Å². The van der Waals surface area contributed by atoms with Gasteiger partial charge in [-0.2, -0.15) is 0 Å². The molecule has 9 heteroatoms. The lowest BCUT2D eigenvalue weighted by molar-refractivity contribution is -0.113. The molecule has 1 N–H and O–H groups in total. The van der Waals surface area contributed by atoms with Crippen LogP contribution < -0.4 is 5.32 Å². The number of nitrogens with one attached hydrogen (secondary N) is 1. The Kier molecular flexibility index (Phi) is 5.89. The maximum atomic E-state index is 12.4. The molecule has 4 aromatic rings. The summed E-state index contributed by atoms with van der Waals surface area (Å²) in [5.41, 5.74) is 1.37. The fourth-order valence-corrected chi connectivity index (χ4v) is 3.85. The predicted octanol–water partition coefficient (Wildman–Crippen LogP) is 5.56. The molecule has 0 bridgehead atoms. The Labute approximate surface area is 180 Å². The topological polar surface area (TPSA) is 73.0 Å². The minimum Gasteiger partial charge on any atom is -0.461 e. The van der Waals surface area contributed by atoms with E-state index in [1.807, 2.05) is 41.0 Å². The highest BCUT2D eigenvalue weighted by Gasteiger charge is 2.19. The van der Waals surface area contributed by atoms with Gasteiger partial charge in [0.1, 0.15) is 0 Å². The molecule has 2 heterocycles. The van der Waals surface area contributed by atoms with Gasteiger partial charge in [-0.05, 0) is 42.5 Å². The number of aromatic nitrogens is 3. The van der Waals surface area contributed by atoms with E-state index in [4.69, 9.17) is 27.6 Å².